The Hall–Kier alpha value is -2.80. The van der Waals surface area contributed by atoms with E-state index in [0.717, 1.165) is 10.9 Å². The molecular formula is C14H14N6O. The molecule has 0 unspecified atom stereocenters. The lowest BCUT2D eigenvalue weighted by molar-refractivity contribution is 0.102. The summed E-state index contributed by atoms with van der Waals surface area (Å²) in [7, 11) is 0. The first kappa shape index (κ1) is 13.2. The van der Waals surface area contributed by atoms with E-state index in [1.54, 1.807) is 23.1 Å². The average molecular weight is 282 g/mol. The van der Waals surface area contributed by atoms with E-state index in [0.29, 0.717) is 18.8 Å². The van der Waals surface area contributed by atoms with Crippen LogP contribution in [0.15, 0.2) is 42.7 Å². The molecule has 0 bridgehead atoms. The number of amides is 1. The van der Waals surface area contributed by atoms with Gasteiger partial charge in [0.15, 0.2) is 5.69 Å². The lowest BCUT2D eigenvalue weighted by Gasteiger charge is -2.04. The quantitative estimate of drug-likeness (QED) is 0.745. The average Bonchev–Trinajstić information content (AvgIpc) is 2.96. The lowest BCUT2D eigenvalue weighted by atomic mass is 10.2. The molecule has 0 aliphatic carbocycles. The maximum Gasteiger partial charge on any atom is 0.277 e. The molecule has 3 N–H and O–H groups in total. The van der Waals surface area contributed by atoms with Crippen molar-refractivity contribution in [1.82, 2.24) is 20.0 Å². The van der Waals surface area contributed by atoms with E-state index in [2.05, 4.69) is 20.6 Å². The second kappa shape index (κ2) is 5.68. The molecule has 0 saturated heterocycles. The first-order valence-electron chi connectivity index (χ1n) is 6.52. The van der Waals surface area contributed by atoms with Crippen molar-refractivity contribution in [2.75, 3.05) is 11.9 Å². The number of benzene rings is 1. The van der Waals surface area contributed by atoms with Crippen molar-refractivity contribution in [3.05, 3.63) is 48.4 Å². The fraction of sp³-hybridized carbons (Fsp3) is 0.143. The summed E-state index contributed by atoms with van der Waals surface area (Å²) in [5.41, 5.74) is 7.25. The molecule has 0 aliphatic rings. The van der Waals surface area contributed by atoms with Crippen LogP contribution in [0, 0.1) is 0 Å². The normalized spacial score (nSPS) is 10.7. The highest BCUT2D eigenvalue weighted by Gasteiger charge is 2.11. The number of nitrogens with two attached hydrogens (primary N) is 1. The molecule has 21 heavy (non-hydrogen) atoms. The van der Waals surface area contributed by atoms with Crippen LogP contribution in [-0.4, -0.2) is 32.4 Å². The van der Waals surface area contributed by atoms with Crippen molar-refractivity contribution in [2.24, 2.45) is 5.73 Å². The highest BCUT2D eigenvalue weighted by molar-refractivity contribution is 6.03. The van der Waals surface area contributed by atoms with Gasteiger partial charge in [0.2, 0.25) is 0 Å². The monoisotopic (exact) mass is 282 g/mol. The molecule has 1 aromatic carbocycles. The molecule has 0 aliphatic heterocycles. The number of hydrogen-bond donors (Lipinski definition) is 2. The predicted molar refractivity (Wildman–Crippen MR) is 78.8 cm³/mol. The Morgan fingerprint density at radius 1 is 1.33 bits per heavy atom. The number of nitrogens with zero attached hydrogens (tertiary/aromatic N) is 4. The Bertz CT molecular complexity index is 782. The van der Waals surface area contributed by atoms with Crippen molar-refractivity contribution >= 4 is 22.5 Å². The molecule has 2 aromatic heterocycles. The summed E-state index contributed by atoms with van der Waals surface area (Å²) in [5.74, 6) is -0.304. The van der Waals surface area contributed by atoms with Gasteiger partial charge in [0.1, 0.15) is 0 Å². The van der Waals surface area contributed by atoms with Gasteiger partial charge in [-0.15, -0.1) is 5.10 Å². The van der Waals surface area contributed by atoms with Crippen LogP contribution in [0.2, 0.25) is 0 Å². The topological polar surface area (TPSA) is 98.7 Å². The van der Waals surface area contributed by atoms with Crippen LogP contribution in [0.3, 0.4) is 0 Å². The Kier molecular flexibility index (Phi) is 3.57. The Morgan fingerprint density at radius 2 is 2.24 bits per heavy atom. The lowest BCUT2D eigenvalue weighted by Crippen LogP contribution is -2.12. The smallest absolute Gasteiger partial charge is 0.277 e. The first-order chi connectivity index (χ1) is 10.3. The van der Waals surface area contributed by atoms with Gasteiger partial charge in [-0.3, -0.25) is 14.5 Å². The molecule has 2 heterocycles. The summed E-state index contributed by atoms with van der Waals surface area (Å²) >= 11 is 0. The maximum absolute atomic E-state index is 12.1. The Balaban J connectivity index is 1.78. The third-order valence-electron chi connectivity index (χ3n) is 2.99. The van der Waals surface area contributed by atoms with Crippen LogP contribution < -0.4 is 11.1 Å². The number of hydrogen-bond acceptors (Lipinski definition) is 5. The van der Waals surface area contributed by atoms with Crippen molar-refractivity contribution in [2.45, 2.75) is 6.54 Å². The molecule has 0 spiro atoms. The number of nitrogens with one attached hydrogen (secondary N) is 1. The molecule has 106 valence electrons. The van der Waals surface area contributed by atoms with Gasteiger partial charge in [0, 0.05) is 23.8 Å². The fourth-order valence-electron chi connectivity index (χ4n) is 1.99. The van der Waals surface area contributed by atoms with Crippen molar-refractivity contribution in [1.29, 1.82) is 0 Å². The van der Waals surface area contributed by atoms with E-state index in [-0.39, 0.29) is 11.6 Å². The second-order valence-electron chi connectivity index (χ2n) is 4.52. The second-order valence-corrected chi connectivity index (χ2v) is 4.52. The molecule has 3 aromatic rings. The number of aromatic nitrogens is 4. The van der Waals surface area contributed by atoms with E-state index in [1.807, 2.05) is 24.3 Å². The molecule has 0 saturated carbocycles. The van der Waals surface area contributed by atoms with Gasteiger partial charge >= 0.3 is 0 Å². The third kappa shape index (κ3) is 2.87. The van der Waals surface area contributed by atoms with Gasteiger partial charge in [-0.1, -0.05) is 11.3 Å². The Labute approximate surface area is 120 Å². The van der Waals surface area contributed by atoms with Crippen LogP contribution >= 0.6 is 0 Å². The van der Waals surface area contributed by atoms with Gasteiger partial charge in [0.05, 0.1) is 18.3 Å². The van der Waals surface area contributed by atoms with Crippen molar-refractivity contribution < 1.29 is 4.79 Å². The number of carbonyl (C=O) groups is 1. The molecule has 7 heteroatoms. The summed E-state index contributed by atoms with van der Waals surface area (Å²) in [6, 6.07) is 9.32. The molecule has 7 nitrogen and oxygen atoms in total. The van der Waals surface area contributed by atoms with Gasteiger partial charge in [-0.2, -0.15) is 0 Å². The highest BCUT2D eigenvalue weighted by Crippen LogP contribution is 2.17. The standard InChI is InChI=1S/C14H14N6O/c15-5-7-20-9-13(18-19-20)14(21)17-11-3-4-12-10(8-11)2-1-6-16-12/h1-4,6,8-9H,5,7,15H2,(H,17,21). The summed E-state index contributed by atoms with van der Waals surface area (Å²) < 4.78 is 1.54. The summed E-state index contributed by atoms with van der Waals surface area (Å²) in [4.78, 5) is 16.3. The minimum absolute atomic E-state index is 0.259. The number of rotatable bonds is 4. The van der Waals surface area contributed by atoms with E-state index in [1.165, 1.54) is 0 Å². The van der Waals surface area contributed by atoms with Gasteiger partial charge in [0.25, 0.3) is 5.91 Å². The zero-order chi connectivity index (χ0) is 14.7. The maximum atomic E-state index is 12.1. The minimum Gasteiger partial charge on any atom is -0.329 e. The summed E-state index contributed by atoms with van der Waals surface area (Å²) in [6.07, 6.45) is 3.31. The molecule has 0 radical (unpaired) electrons. The van der Waals surface area contributed by atoms with Crippen LogP contribution in [0.1, 0.15) is 10.5 Å². The predicted octanol–water partition coefficient (Wildman–Crippen LogP) is 1.04. The number of anilines is 1. The van der Waals surface area contributed by atoms with E-state index < -0.39 is 0 Å². The van der Waals surface area contributed by atoms with Gasteiger partial charge in [-0.25, -0.2) is 0 Å². The summed E-state index contributed by atoms with van der Waals surface area (Å²) in [5, 5.41) is 11.4. The number of pyridine rings is 1. The van der Waals surface area contributed by atoms with Crippen LogP contribution in [0.5, 0.6) is 0 Å². The fourth-order valence-corrected chi connectivity index (χ4v) is 1.99. The third-order valence-corrected chi connectivity index (χ3v) is 2.99. The first-order valence-corrected chi connectivity index (χ1v) is 6.52. The molecule has 1 amide bonds. The molecule has 0 fully saturated rings. The molecular weight excluding hydrogens is 268 g/mol. The van der Waals surface area contributed by atoms with Crippen LogP contribution in [0.25, 0.3) is 10.9 Å². The van der Waals surface area contributed by atoms with Gasteiger partial charge < -0.3 is 11.1 Å². The molecule has 0 atom stereocenters. The SMILES string of the molecule is NCCn1cc(C(=O)Nc2ccc3ncccc3c2)nn1. The number of fused-ring (bicyclic) bond motifs is 1. The number of carbonyl (C=O) groups excluding carboxylic acids is 1. The van der Waals surface area contributed by atoms with Crippen molar-refractivity contribution in [3.63, 3.8) is 0 Å². The van der Waals surface area contributed by atoms with Crippen LogP contribution in [-0.2, 0) is 6.54 Å². The molecule has 3 rings (SSSR count). The largest absolute Gasteiger partial charge is 0.329 e. The summed E-state index contributed by atoms with van der Waals surface area (Å²) in [6.45, 7) is 0.976. The van der Waals surface area contributed by atoms with E-state index in [9.17, 15) is 4.79 Å². The minimum atomic E-state index is -0.304. The Morgan fingerprint density at radius 3 is 3.10 bits per heavy atom. The zero-order valence-corrected chi connectivity index (χ0v) is 11.2. The zero-order valence-electron chi connectivity index (χ0n) is 11.2. The van der Waals surface area contributed by atoms with E-state index in [4.69, 9.17) is 5.73 Å². The van der Waals surface area contributed by atoms with Crippen molar-refractivity contribution in [3.8, 4) is 0 Å². The van der Waals surface area contributed by atoms with Gasteiger partial charge in [-0.05, 0) is 24.3 Å². The van der Waals surface area contributed by atoms with E-state index >= 15 is 0 Å². The van der Waals surface area contributed by atoms with Crippen LogP contribution in [0.4, 0.5) is 5.69 Å². The highest BCUT2D eigenvalue weighted by atomic mass is 16.2.